The summed E-state index contributed by atoms with van der Waals surface area (Å²) in [4.78, 5) is 15.6. The quantitative estimate of drug-likeness (QED) is 0.548. The van der Waals surface area contributed by atoms with Gasteiger partial charge in [0.2, 0.25) is 0 Å². The van der Waals surface area contributed by atoms with E-state index in [4.69, 9.17) is 0 Å². The zero-order valence-corrected chi connectivity index (χ0v) is 14.5. The van der Waals surface area contributed by atoms with Gasteiger partial charge in [-0.05, 0) is 23.8 Å². The molecule has 0 aliphatic heterocycles. The van der Waals surface area contributed by atoms with Gasteiger partial charge < -0.3 is 5.32 Å². The van der Waals surface area contributed by atoms with Crippen molar-refractivity contribution >= 4 is 5.82 Å². The third-order valence-corrected chi connectivity index (χ3v) is 4.32. The largest absolute Gasteiger partial charge is 0.366 e. The SMILES string of the molecule is O=c1[nH]c(NCc2ccccc2)c(-c2ccccc2)n1-c1cccc(F)c1. The average molecular weight is 359 g/mol. The van der Waals surface area contributed by atoms with Crippen molar-refractivity contribution in [1.29, 1.82) is 0 Å². The van der Waals surface area contributed by atoms with Crippen LogP contribution in [0.5, 0.6) is 0 Å². The van der Waals surface area contributed by atoms with Crippen LogP contribution >= 0.6 is 0 Å². The van der Waals surface area contributed by atoms with Crippen molar-refractivity contribution in [1.82, 2.24) is 9.55 Å². The van der Waals surface area contributed by atoms with Gasteiger partial charge in [0.05, 0.1) is 11.4 Å². The molecule has 0 aliphatic carbocycles. The molecule has 4 nitrogen and oxygen atoms in total. The minimum atomic E-state index is -0.390. The molecule has 0 amide bonds. The van der Waals surface area contributed by atoms with Crippen LogP contribution < -0.4 is 11.0 Å². The first-order valence-electron chi connectivity index (χ1n) is 8.66. The topological polar surface area (TPSA) is 49.8 Å². The van der Waals surface area contributed by atoms with Crippen molar-refractivity contribution in [2.75, 3.05) is 5.32 Å². The Bertz CT molecular complexity index is 1100. The van der Waals surface area contributed by atoms with Crippen LogP contribution in [0.2, 0.25) is 0 Å². The van der Waals surface area contributed by atoms with E-state index in [9.17, 15) is 9.18 Å². The van der Waals surface area contributed by atoms with Gasteiger partial charge in [0, 0.05) is 12.1 Å². The van der Waals surface area contributed by atoms with Crippen LogP contribution in [0.25, 0.3) is 16.9 Å². The van der Waals surface area contributed by atoms with Crippen LogP contribution in [0.1, 0.15) is 5.56 Å². The summed E-state index contributed by atoms with van der Waals surface area (Å²) in [6, 6.07) is 25.5. The molecule has 0 radical (unpaired) electrons. The summed E-state index contributed by atoms with van der Waals surface area (Å²) >= 11 is 0. The fourth-order valence-corrected chi connectivity index (χ4v) is 3.08. The second kappa shape index (κ2) is 7.33. The Balaban J connectivity index is 1.82. The first-order chi connectivity index (χ1) is 13.2. The number of anilines is 1. The van der Waals surface area contributed by atoms with Crippen LogP contribution in [0.15, 0.2) is 89.7 Å². The van der Waals surface area contributed by atoms with Crippen molar-refractivity contribution < 1.29 is 4.39 Å². The zero-order valence-electron chi connectivity index (χ0n) is 14.5. The molecular weight excluding hydrogens is 341 g/mol. The van der Waals surface area contributed by atoms with Gasteiger partial charge in [-0.15, -0.1) is 0 Å². The van der Waals surface area contributed by atoms with Gasteiger partial charge in [0.25, 0.3) is 0 Å². The molecule has 4 rings (SSSR count). The molecule has 1 heterocycles. The van der Waals surface area contributed by atoms with Crippen molar-refractivity contribution in [3.63, 3.8) is 0 Å². The maximum Gasteiger partial charge on any atom is 0.332 e. The predicted octanol–water partition coefficient (Wildman–Crippen LogP) is 4.58. The van der Waals surface area contributed by atoms with Crippen LogP contribution in [0.3, 0.4) is 0 Å². The average Bonchev–Trinajstić information content (AvgIpc) is 3.04. The molecule has 0 saturated heterocycles. The minimum Gasteiger partial charge on any atom is -0.366 e. The van der Waals surface area contributed by atoms with Crippen molar-refractivity contribution in [3.05, 3.63) is 107 Å². The van der Waals surface area contributed by atoms with Gasteiger partial charge >= 0.3 is 5.69 Å². The van der Waals surface area contributed by atoms with E-state index in [-0.39, 0.29) is 5.69 Å². The number of H-pyrrole nitrogens is 1. The van der Waals surface area contributed by atoms with E-state index < -0.39 is 5.82 Å². The van der Waals surface area contributed by atoms with Gasteiger partial charge in [-0.25, -0.2) is 9.18 Å². The number of benzene rings is 3. The van der Waals surface area contributed by atoms with E-state index >= 15 is 0 Å². The molecule has 1 aromatic heterocycles. The Morgan fingerprint density at radius 2 is 1.59 bits per heavy atom. The Morgan fingerprint density at radius 1 is 0.889 bits per heavy atom. The molecule has 0 saturated carbocycles. The molecule has 134 valence electrons. The standard InChI is InChI=1S/C22H18FN3O/c23-18-12-7-13-19(14-18)26-20(17-10-5-2-6-11-17)21(25-22(26)27)24-15-16-8-3-1-4-9-16/h1-14,24H,15H2,(H,25,27). The molecule has 3 aromatic carbocycles. The van der Waals surface area contributed by atoms with Crippen LogP contribution in [0.4, 0.5) is 10.2 Å². The smallest absolute Gasteiger partial charge is 0.332 e. The second-order valence-corrected chi connectivity index (χ2v) is 6.17. The highest BCUT2D eigenvalue weighted by atomic mass is 19.1. The highest BCUT2D eigenvalue weighted by molar-refractivity contribution is 5.74. The van der Waals surface area contributed by atoms with Crippen LogP contribution in [-0.4, -0.2) is 9.55 Å². The van der Waals surface area contributed by atoms with Gasteiger partial charge in [-0.3, -0.25) is 9.55 Å². The molecule has 0 aliphatic rings. The highest BCUT2D eigenvalue weighted by Crippen LogP contribution is 2.28. The fraction of sp³-hybridized carbons (Fsp3) is 0.0455. The second-order valence-electron chi connectivity index (χ2n) is 6.17. The lowest BCUT2D eigenvalue weighted by Gasteiger charge is -2.11. The first kappa shape index (κ1) is 16.8. The van der Waals surface area contributed by atoms with E-state index in [1.54, 1.807) is 12.1 Å². The normalized spacial score (nSPS) is 10.7. The fourth-order valence-electron chi connectivity index (χ4n) is 3.08. The van der Waals surface area contributed by atoms with E-state index in [2.05, 4.69) is 10.3 Å². The molecule has 4 aromatic rings. The number of hydrogen-bond acceptors (Lipinski definition) is 2. The monoisotopic (exact) mass is 359 g/mol. The van der Waals surface area contributed by atoms with E-state index in [0.717, 1.165) is 11.1 Å². The van der Waals surface area contributed by atoms with Crippen molar-refractivity contribution in [2.45, 2.75) is 6.54 Å². The third kappa shape index (κ3) is 3.53. The highest BCUT2D eigenvalue weighted by Gasteiger charge is 2.17. The van der Waals surface area contributed by atoms with Crippen molar-refractivity contribution in [3.8, 4) is 16.9 Å². The van der Waals surface area contributed by atoms with Crippen LogP contribution in [-0.2, 0) is 6.54 Å². The lowest BCUT2D eigenvalue weighted by Crippen LogP contribution is -2.15. The maximum absolute atomic E-state index is 13.8. The number of nitrogens with one attached hydrogen (secondary N) is 2. The number of rotatable bonds is 5. The molecule has 0 atom stereocenters. The summed E-state index contributed by atoms with van der Waals surface area (Å²) in [6.07, 6.45) is 0. The van der Waals surface area contributed by atoms with E-state index in [1.807, 2.05) is 60.7 Å². The molecule has 0 unspecified atom stereocenters. The lowest BCUT2D eigenvalue weighted by molar-refractivity contribution is 0.626. The number of nitrogens with zero attached hydrogens (tertiary/aromatic N) is 1. The number of hydrogen-bond donors (Lipinski definition) is 2. The summed E-state index contributed by atoms with van der Waals surface area (Å²) in [5, 5.41) is 3.30. The maximum atomic E-state index is 13.8. The van der Waals surface area contributed by atoms with Crippen molar-refractivity contribution in [2.24, 2.45) is 0 Å². The molecule has 27 heavy (non-hydrogen) atoms. The summed E-state index contributed by atoms with van der Waals surface area (Å²) < 4.78 is 15.2. The summed E-state index contributed by atoms with van der Waals surface area (Å²) in [7, 11) is 0. The minimum absolute atomic E-state index is 0.324. The van der Waals surface area contributed by atoms with E-state index in [0.29, 0.717) is 23.7 Å². The lowest BCUT2D eigenvalue weighted by atomic mass is 10.1. The Kier molecular flexibility index (Phi) is 4.58. The molecule has 5 heteroatoms. The summed E-state index contributed by atoms with van der Waals surface area (Å²) in [5.74, 6) is 0.206. The first-order valence-corrected chi connectivity index (χ1v) is 8.66. The molecule has 0 spiro atoms. The molecular formula is C22H18FN3O. The predicted molar refractivity (Wildman–Crippen MR) is 106 cm³/mol. The third-order valence-electron chi connectivity index (χ3n) is 4.32. The molecule has 2 N–H and O–H groups in total. The zero-order chi connectivity index (χ0) is 18.6. The number of aromatic nitrogens is 2. The van der Waals surface area contributed by atoms with Gasteiger partial charge in [0.1, 0.15) is 11.6 Å². The Morgan fingerprint density at radius 3 is 2.30 bits per heavy atom. The molecule has 0 fully saturated rings. The molecule has 0 bridgehead atoms. The number of aromatic amines is 1. The number of halogens is 1. The summed E-state index contributed by atoms with van der Waals surface area (Å²) in [5.41, 5.74) is 2.77. The Labute approximate surface area is 155 Å². The van der Waals surface area contributed by atoms with E-state index in [1.165, 1.54) is 16.7 Å². The Hall–Kier alpha value is -3.60. The van der Waals surface area contributed by atoms with Gasteiger partial charge in [0.15, 0.2) is 0 Å². The number of imidazole rings is 1. The van der Waals surface area contributed by atoms with Gasteiger partial charge in [-0.1, -0.05) is 66.7 Å². The van der Waals surface area contributed by atoms with Crippen LogP contribution in [0, 0.1) is 5.82 Å². The van der Waals surface area contributed by atoms with Gasteiger partial charge in [-0.2, -0.15) is 0 Å². The summed E-state index contributed by atoms with van der Waals surface area (Å²) in [6.45, 7) is 0.559.